The fourth-order valence-electron chi connectivity index (χ4n) is 6.75. The third-order valence-corrected chi connectivity index (χ3v) is 12.2. The molecule has 1 aliphatic rings. The van der Waals surface area contributed by atoms with Gasteiger partial charge in [0.1, 0.15) is 0 Å². The predicted molar refractivity (Wildman–Crippen MR) is 220 cm³/mol. The lowest BCUT2D eigenvalue weighted by atomic mass is 9.93. The van der Waals surface area contributed by atoms with Gasteiger partial charge in [0, 0.05) is 71.9 Å². The molecule has 0 saturated carbocycles. The number of anilines is 2. The number of fused-ring (bicyclic) bond motifs is 1. The normalized spacial score (nSPS) is 13.6. The van der Waals surface area contributed by atoms with E-state index in [0.29, 0.717) is 0 Å². The van der Waals surface area contributed by atoms with E-state index >= 15 is 0 Å². The van der Waals surface area contributed by atoms with E-state index in [2.05, 4.69) is 80.5 Å². The molecule has 7 nitrogen and oxygen atoms in total. The summed E-state index contributed by atoms with van der Waals surface area (Å²) in [7, 11) is -4.06. The van der Waals surface area contributed by atoms with E-state index < -0.39 is 15.9 Å². The standard InChI is InChI=1S/C43H41ClN4O3S2/c1-31-29-39(21-22-41(31)45-23-28-52-38-8-3-2-4-9-38)53(50,51)46-43(49)34-15-19-37(20-16-34)48-26-24-47(25-27-48)30-35-12-11-32-7-5-6-10-40(32)42(35)33-13-17-36(44)18-14-33/h2-22,29,45H,23-28,30H2,1H3,(H,46,49). The molecule has 0 bridgehead atoms. The largest absolute Gasteiger partial charge is 0.384 e. The van der Waals surface area contributed by atoms with Crippen molar-refractivity contribution in [2.24, 2.45) is 0 Å². The first-order valence-electron chi connectivity index (χ1n) is 17.7. The molecule has 6 aromatic carbocycles. The molecule has 7 rings (SSSR count). The van der Waals surface area contributed by atoms with Gasteiger partial charge in [-0.15, -0.1) is 11.8 Å². The highest BCUT2D eigenvalue weighted by molar-refractivity contribution is 7.99. The van der Waals surface area contributed by atoms with Crippen molar-refractivity contribution in [3.8, 4) is 11.1 Å². The summed E-state index contributed by atoms with van der Waals surface area (Å²) in [6, 6.07) is 43.2. The molecule has 0 radical (unpaired) electrons. The highest BCUT2D eigenvalue weighted by Gasteiger charge is 2.22. The first-order chi connectivity index (χ1) is 25.7. The van der Waals surface area contributed by atoms with E-state index in [-0.39, 0.29) is 10.5 Å². The van der Waals surface area contributed by atoms with Crippen molar-refractivity contribution in [3.63, 3.8) is 0 Å². The van der Waals surface area contributed by atoms with Crippen LogP contribution in [0, 0.1) is 6.92 Å². The Balaban J connectivity index is 0.934. The molecule has 1 amide bonds. The Kier molecular flexibility index (Phi) is 11.4. The second-order valence-corrected chi connectivity index (χ2v) is 16.4. The van der Waals surface area contributed by atoms with Gasteiger partial charge in [0.2, 0.25) is 0 Å². The zero-order valence-corrected chi connectivity index (χ0v) is 31.9. The fraction of sp³-hybridized carbons (Fsp3) is 0.186. The molecular weight excluding hydrogens is 720 g/mol. The number of piperazine rings is 1. The van der Waals surface area contributed by atoms with Crippen molar-refractivity contribution in [1.29, 1.82) is 0 Å². The lowest BCUT2D eigenvalue weighted by molar-refractivity contribution is 0.0981. The van der Waals surface area contributed by atoms with Gasteiger partial charge in [0.15, 0.2) is 0 Å². The van der Waals surface area contributed by atoms with Crippen molar-refractivity contribution in [3.05, 3.63) is 155 Å². The summed E-state index contributed by atoms with van der Waals surface area (Å²) in [5, 5.41) is 6.54. The highest BCUT2D eigenvalue weighted by Crippen LogP contribution is 2.34. The number of hydrogen-bond donors (Lipinski definition) is 2. The van der Waals surface area contributed by atoms with Crippen LogP contribution in [-0.4, -0.2) is 57.7 Å². The monoisotopic (exact) mass is 760 g/mol. The van der Waals surface area contributed by atoms with Crippen LogP contribution in [0.2, 0.25) is 5.02 Å². The Morgan fingerprint density at radius 2 is 1.51 bits per heavy atom. The molecule has 0 unspecified atom stereocenters. The Labute approximate surface area is 321 Å². The second-order valence-electron chi connectivity index (χ2n) is 13.1. The molecule has 2 N–H and O–H groups in total. The van der Waals surface area contributed by atoms with Gasteiger partial charge in [-0.25, -0.2) is 13.1 Å². The SMILES string of the molecule is Cc1cc(S(=O)(=O)NC(=O)c2ccc(N3CCN(Cc4ccc5ccccc5c4-c4ccc(Cl)cc4)CC3)cc2)ccc1NCCSc1ccccc1. The van der Waals surface area contributed by atoms with Gasteiger partial charge in [-0.1, -0.05) is 78.3 Å². The van der Waals surface area contributed by atoms with Gasteiger partial charge >= 0.3 is 0 Å². The maximum atomic E-state index is 13.2. The van der Waals surface area contributed by atoms with Gasteiger partial charge in [0.05, 0.1) is 4.90 Å². The van der Waals surface area contributed by atoms with E-state index in [1.54, 1.807) is 36.0 Å². The zero-order valence-electron chi connectivity index (χ0n) is 29.5. The topological polar surface area (TPSA) is 81.8 Å². The number of amides is 1. The predicted octanol–water partition coefficient (Wildman–Crippen LogP) is 9.11. The molecule has 1 aliphatic heterocycles. The highest BCUT2D eigenvalue weighted by atomic mass is 35.5. The van der Waals surface area contributed by atoms with Crippen LogP contribution in [0.25, 0.3) is 21.9 Å². The van der Waals surface area contributed by atoms with Crippen LogP contribution < -0.4 is 14.9 Å². The van der Waals surface area contributed by atoms with E-state index in [0.717, 1.165) is 72.5 Å². The number of rotatable bonds is 12. The number of carbonyl (C=O) groups is 1. The summed E-state index contributed by atoms with van der Waals surface area (Å²) in [4.78, 5) is 19.1. The fourth-order valence-corrected chi connectivity index (χ4v) is 8.72. The number of nitrogens with zero attached hydrogens (tertiary/aromatic N) is 2. The van der Waals surface area contributed by atoms with E-state index in [9.17, 15) is 13.2 Å². The summed E-state index contributed by atoms with van der Waals surface area (Å²) in [5.74, 6) is 0.207. The van der Waals surface area contributed by atoms with Crippen LogP contribution >= 0.6 is 23.4 Å². The van der Waals surface area contributed by atoms with Crippen molar-refractivity contribution >= 4 is 61.4 Å². The van der Waals surface area contributed by atoms with Crippen molar-refractivity contribution in [2.45, 2.75) is 23.3 Å². The summed E-state index contributed by atoms with van der Waals surface area (Å²) in [5.41, 5.74) is 6.60. The molecular formula is C43H41ClN4O3S2. The Hall–Kier alpha value is -4.80. The number of sulfonamides is 1. The molecule has 1 saturated heterocycles. The molecule has 0 atom stereocenters. The Morgan fingerprint density at radius 1 is 0.792 bits per heavy atom. The van der Waals surface area contributed by atoms with Crippen molar-refractivity contribution in [1.82, 2.24) is 9.62 Å². The number of benzene rings is 6. The first-order valence-corrected chi connectivity index (χ1v) is 20.5. The van der Waals surface area contributed by atoms with Crippen LogP contribution in [0.15, 0.2) is 143 Å². The molecule has 10 heteroatoms. The molecule has 53 heavy (non-hydrogen) atoms. The number of nitrogens with one attached hydrogen (secondary N) is 2. The Bertz CT molecular complexity index is 2310. The number of halogens is 1. The minimum Gasteiger partial charge on any atom is -0.384 e. The lowest BCUT2D eigenvalue weighted by Gasteiger charge is -2.36. The van der Waals surface area contributed by atoms with Gasteiger partial charge in [-0.05, 0) is 107 Å². The molecule has 0 spiro atoms. The van der Waals surface area contributed by atoms with E-state index in [1.807, 2.05) is 49.4 Å². The molecule has 1 heterocycles. The summed E-state index contributed by atoms with van der Waals surface area (Å²) in [6.45, 7) is 6.85. The quantitative estimate of drug-likeness (QED) is 0.0952. The third-order valence-electron chi connectivity index (χ3n) is 9.57. The second kappa shape index (κ2) is 16.5. The summed E-state index contributed by atoms with van der Waals surface area (Å²) >= 11 is 7.98. The number of aryl methyl sites for hydroxylation is 1. The first kappa shape index (κ1) is 36.6. The average molecular weight is 761 g/mol. The number of thioether (sulfide) groups is 1. The van der Waals surface area contributed by atoms with Crippen LogP contribution in [0.5, 0.6) is 0 Å². The third kappa shape index (κ3) is 8.88. The van der Waals surface area contributed by atoms with Gasteiger partial charge < -0.3 is 10.2 Å². The van der Waals surface area contributed by atoms with Gasteiger partial charge in [0.25, 0.3) is 15.9 Å². The molecule has 0 aromatic heterocycles. The summed E-state index contributed by atoms with van der Waals surface area (Å²) < 4.78 is 28.6. The lowest BCUT2D eigenvalue weighted by Crippen LogP contribution is -2.46. The van der Waals surface area contributed by atoms with Crippen LogP contribution in [0.1, 0.15) is 21.5 Å². The number of hydrogen-bond acceptors (Lipinski definition) is 7. The molecule has 270 valence electrons. The van der Waals surface area contributed by atoms with Crippen LogP contribution in [0.4, 0.5) is 11.4 Å². The molecule has 1 fully saturated rings. The maximum Gasteiger partial charge on any atom is 0.264 e. The number of carbonyl (C=O) groups excluding carboxylic acids is 1. The molecule has 6 aromatic rings. The van der Waals surface area contributed by atoms with Crippen LogP contribution in [0.3, 0.4) is 0 Å². The minimum absolute atomic E-state index is 0.0472. The minimum atomic E-state index is -4.06. The zero-order chi connectivity index (χ0) is 36.8. The van der Waals surface area contributed by atoms with Gasteiger partial charge in [-0.3, -0.25) is 9.69 Å². The van der Waals surface area contributed by atoms with E-state index in [1.165, 1.54) is 32.9 Å². The molecule has 0 aliphatic carbocycles. The van der Waals surface area contributed by atoms with Crippen molar-refractivity contribution in [2.75, 3.05) is 48.7 Å². The summed E-state index contributed by atoms with van der Waals surface area (Å²) in [6.07, 6.45) is 0. The smallest absolute Gasteiger partial charge is 0.264 e. The Morgan fingerprint density at radius 3 is 2.25 bits per heavy atom. The van der Waals surface area contributed by atoms with Crippen molar-refractivity contribution < 1.29 is 13.2 Å². The van der Waals surface area contributed by atoms with E-state index in [4.69, 9.17) is 11.6 Å². The van der Waals surface area contributed by atoms with Gasteiger partial charge in [-0.2, -0.15) is 0 Å². The van der Waals surface area contributed by atoms with Crippen LogP contribution in [-0.2, 0) is 16.6 Å². The maximum absolute atomic E-state index is 13.2. The average Bonchev–Trinajstić information content (AvgIpc) is 3.18.